The molecule has 5 nitrogen and oxygen atoms in total. The quantitative estimate of drug-likeness (QED) is 0.831. The molecule has 0 aromatic carbocycles. The van der Waals surface area contributed by atoms with Gasteiger partial charge in [0.2, 0.25) is 0 Å². The zero-order valence-corrected chi connectivity index (χ0v) is 11.6. The number of morpholine rings is 1. The second kappa shape index (κ2) is 7.16. The first kappa shape index (κ1) is 13.9. The van der Waals surface area contributed by atoms with Crippen molar-refractivity contribution in [1.29, 1.82) is 0 Å². The van der Waals surface area contributed by atoms with E-state index in [0.29, 0.717) is 13.2 Å². The van der Waals surface area contributed by atoms with Crippen LogP contribution in [-0.4, -0.2) is 49.3 Å². The first-order chi connectivity index (χ1) is 8.81. The maximum absolute atomic E-state index is 5.67. The van der Waals surface area contributed by atoms with Crippen LogP contribution in [0.2, 0.25) is 0 Å². The van der Waals surface area contributed by atoms with Crippen LogP contribution in [-0.2, 0) is 22.6 Å². The summed E-state index contributed by atoms with van der Waals surface area (Å²) in [7, 11) is 1.69. The lowest BCUT2D eigenvalue weighted by molar-refractivity contribution is -0.0338. The Kier molecular flexibility index (Phi) is 5.52. The van der Waals surface area contributed by atoms with Crippen molar-refractivity contribution in [3.8, 4) is 0 Å². The number of nitrogens with zero attached hydrogens (tertiary/aromatic N) is 2. The fourth-order valence-corrected chi connectivity index (χ4v) is 2.88. The standard InChI is InChI=1S/C12H21N3O2S/c1-16-8-12-14-10(9-18-12)6-15-4-5-17-11(7-15)2-3-13/h9,11H,2-8,13H2,1H3. The topological polar surface area (TPSA) is 60.6 Å². The third-order valence-electron chi connectivity index (χ3n) is 2.96. The van der Waals surface area contributed by atoms with E-state index >= 15 is 0 Å². The normalized spacial score (nSPS) is 21.3. The second-order valence-corrected chi connectivity index (χ2v) is 5.41. The molecule has 1 aromatic rings. The zero-order valence-electron chi connectivity index (χ0n) is 10.8. The molecule has 1 aromatic heterocycles. The molecule has 1 saturated heterocycles. The highest BCUT2D eigenvalue weighted by atomic mass is 32.1. The Hall–Kier alpha value is -0.530. The van der Waals surface area contributed by atoms with Gasteiger partial charge in [-0.1, -0.05) is 0 Å². The van der Waals surface area contributed by atoms with Gasteiger partial charge in [0.1, 0.15) is 5.01 Å². The molecule has 0 amide bonds. The minimum Gasteiger partial charge on any atom is -0.378 e. The number of aromatic nitrogens is 1. The van der Waals surface area contributed by atoms with Crippen LogP contribution in [0.15, 0.2) is 5.38 Å². The number of thiazole rings is 1. The van der Waals surface area contributed by atoms with Crippen LogP contribution >= 0.6 is 11.3 Å². The van der Waals surface area contributed by atoms with Crippen LogP contribution in [0.4, 0.5) is 0 Å². The van der Waals surface area contributed by atoms with Crippen molar-refractivity contribution in [3.05, 3.63) is 16.1 Å². The molecule has 0 spiro atoms. The van der Waals surface area contributed by atoms with Gasteiger partial charge in [0.15, 0.2) is 0 Å². The molecule has 6 heteroatoms. The lowest BCUT2D eigenvalue weighted by atomic mass is 10.2. The Bertz CT molecular complexity index is 357. The van der Waals surface area contributed by atoms with Crippen LogP contribution in [0.3, 0.4) is 0 Å². The lowest BCUT2D eigenvalue weighted by Gasteiger charge is -2.32. The van der Waals surface area contributed by atoms with Gasteiger partial charge >= 0.3 is 0 Å². The van der Waals surface area contributed by atoms with E-state index in [1.807, 2.05) is 0 Å². The van der Waals surface area contributed by atoms with Crippen LogP contribution in [0.1, 0.15) is 17.1 Å². The summed E-state index contributed by atoms with van der Waals surface area (Å²) in [5.74, 6) is 0. The molecule has 1 unspecified atom stereocenters. The first-order valence-corrected chi connectivity index (χ1v) is 7.16. The highest BCUT2D eigenvalue weighted by molar-refractivity contribution is 7.09. The van der Waals surface area contributed by atoms with E-state index in [1.54, 1.807) is 18.4 Å². The highest BCUT2D eigenvalue weighted by Gasteiger charge is 2.20. The predicted molar refractivity (Wildman–Crippen MR) is 71.5 cm³/mol. The van der Waals surface area contributed by atoms with Gasteiger partial charge in [-0.3, -0.25) is 4.90 Å². The van der Waals surface area contributed by atoms with Crippen molar-refractivity contribution >= 4 is 11.3 Å². The maximum Gasteiger partial charge on any atom is 0.119 e. The van der Waals surface area contributed by atoms with E-state index in [9.17, 15) is 0 Å². The summed E-state index contributed by atoms with van der Waals surface area (Å²) >= 11 is 1.66. The lowest BCUT2D eigenvalue weighted by Crippen LogP contribution is -2.42. The maximum atomic E-state index is 5.67. The number of hydrogen-bond donors (Lipinski definition) is 1. The molecule has 1 fully saturated rings. The Morgan fingerprint density at radius 1 is 1.67 bits per heavy atom. The van der Waals surface area contributed by atoms with E-state index in [-0.39, 0.29) is 6.10 Å². The predicted octanol–water partition coefficient (Wildman–Crippen LogP) is 0.839. The number of methoxy groups -OCH3 is 1. The molecule has 2 N–H and O–H groups in total. The Morgan fingerprint density at radius 3 is 3.33 bits per heavy atom. The van der Waals surface area contributed by atoms with E-state index in [1.165, 1.54) is 0 Å². The summed E-state index contributed by atoms with van der Waals surface area (Å²) in [6.07, 6.45) is 1.21. The molecule has 0 saturated carbocycles. The number of rotatable bonds is 6. The molecular formula is C12H21N3O2S. The minimum absolute atomic E-state index is 0.279. The van der Waals surface area contributed by atoms with Crippen LogP contribution in [0.5, 0.6) is 0 Å². The zero-order chi connectivity index (χ0) is 12.8. The van der Waals surface area contributed by atoms with Crippen LogP contribution in [0.25, 0.3) is 0 Å². The van der Waals surface area contributed by atoms with Gasteiger partial charge in [0.25, 0.3) is 0 Å². The van der Waals surface area contributed by atoms with Crippen molar-refractivity contribution in [1.82, 2.24) is 9.88 Å². The molecule has 0 aliphatic carbocycles. The molecule has 0 radical (unpaired) electrons. The molecular weight excluding hydrogens is 250 g/mol. The van der Waals surface area contributed by atoms with Crippen LogP contribution in [0, 0.1) is 0 Å². The van der Waals surface area contributed by atoms with Gasteiger partial charge in [-0.05, 0) is 13.0 Å². The third kappa shape index (κ3) is 4.00. The fourth-order valence-electron chi connectivity index (χ4n) is 2.12. The molecule has 1 aliphatic rings. The van der Waals surface area contributed by atoms with Gasteiger partial charge in [-0.25, -0.2) is 4.98 Å². The Labute approximate surface area is 112 Å². The minimum atomic E-state index is 0.279. The summed E-state index contributed by atoms with van der Waals surface area (Å²) in [5, 5.41) is 3.15. The Balaban J connectivity index is 1.84. The van der Waals surface area contributed by atoms with Crippen molar-refractivity contribution < 1.29 is 9.47 Å². The largest absolute Gasteiger partial charge is 0.378 e. The molecule has 1 atom stereocenters. The molecule has 102 valence electrons. The summed E-state index contributed by atoms with van der Waals surface area (Å²) in [6, 6.07) is 0. The van der Waals surface area contributed by atoms with E-state index in [0.717, 1.165) is 43.4 Å². The number of nitrogens with two attached hydrogens (primary N) is 1. The van der Waals surface area contributed by atoms with Crippen molar-refractivity contribution in [2.24, 2.45) is 5.73 Å². The van der Waals surface area contributed by atoms with E-state index in [2.05, 4.69) is 15.3 Å². The fraction of sp³-hybridized carbons (Fsp3) is 0.750. The van der Waals surface area contributed by atoms with Crippen molar-refractivity contribution in [2.45, 2.75) is 25.7 Å². The third-order valence-corrected chi connectivity index (χ3v) is 3.84. The summed E-state index contributed by atoms with van der Waals surface area (Å²) in [5.41, 5.74) is 6.70. The average Bonchev–Trinajstić information content (AvgIpc) is 2.78. The van der Waals surface area contributed by atoms with Gasteiger partial charge in [0.05, 0.1) is 25.0 Å². The Morgan fingerprint density at radius 2 is 2.56 bits per heavy atom. The molecule has 18 heavy (non-hydrogen) atoms. The van der Waals surface area contributed by atoms with Crippen molar-refractivity contribution in [2.75, 3.05) is 33.4 Å². The summed E-state index contributed by atoms with van der Waals surface area (Å²) in [4.78, 5) is 6.94. The molecule has 1 aliphatic heterocycles. The molecule has 2 rings (SSSR count). The average molecular weight is 271 g/mol. The van der Waals surface area contributed by atoms with Gasteiger partial charge in [-0.15, -0.1) is 11.3 Å². The smallest absolute Gasteiger partial charge is 0.119 e. The van der Waals surface area contributed by atoms with E-state index < -0.39 is 0 Å². The van der Waals surface area contributed by atoms with Crippen molar-refractivity contribution in [3.63, 3.8) is 0 Å². The van der Waals surface area contributed by atoms with Gasteiger partial charge in [0, 0.05) is 32.1 Å². The van der Waals surface area contributed by atoms with E-state index in [4.69, 9.17) is 15.2 Å². The summed E-state index contributed by atoms with van der Waals surface area (Å²) in [6.45, 7) is 4.90. The number of hydrogen-bond acceptors (Lipinski definition) is 6. The van der Waals surface area contributed by atoms with Crippen LogP contribution < -0.4 is 5.73 Å². The molecule has 2 heterocycles. The highest BCUT2D eigenvalue weighted by Crippen LogP contribution is 2.15. The van der Waals surface area contributed by atoms with Gasteiger partial charge < -0.3 is 15.2 Å². The number of ether oxygens (including phenoxy) is 2. The molecule has 0 bridgehead atoms. The van der Waals surface area contributed by atoms with Gasteiger partial charge in [-0.2, -0.15) is 0 Å². The first-order valence-electron chi connectivity index (χ1n) is 6.28. The second-order valence-electron chi connectivity index (χ2n) is 4.47. The summed E-state index contributed by atoms with van der Waals surface area (Å²) < 4.78 is 10.8. The SMILES string of the molecule is COCc1nc(CN2CCOC(CCN)C2)cs1. The monoisotopic (exact) mass is 271 g/mol.